The molecule has 2 N–H and O–H groups in total. The van der Waals surface area contributed by atoms with E-state index in [-0.39, 0.29) is 6.10 Å². The summed E-state index contributed by atoms with van der Waals surface area (Å²) in [6.07, 6.45) is 10.5. The van der Waals surface area contributed by atoms with Crippen LogP contribution in [0.1, 0.15) is 57.2 Å². The summed E-state index contributed by atoms with van der Waals surface area (Å²) in [5, 5.41) is 20.9. The molecule has 3 aromatic heterocycles. The van der Waals surface area contributed by atoms with E-state index < -0.39 is 0 Å². The SMILES string of the molecule is C1CCNCC1.CC.Cc1cc(Nc2ccnc3c(C4=COC(C#N)CC4)cnn23)sn1. The largest absolute Gasteiger partial charge is 0.483 e. The lowest BCUT2D eigenvalue weighted by Crippen LogP contribution is -2.21. The maximum absolute atomic E-state index is 8.91. The van der Waals surface area contributed by atoms with Crippen LogP contribution in [0.2, 0.25) is 0 Å². The van der Waals surface area contributed by atoms with Crippen LogP contribution in [0.5, 0.6) is 0 Å². The number of aryl methyl sites for hydroxylation is 1. The first-order valence-electron chi connectivity index (χ1n) is 11.2. The molecule has 0 radical (unpaired) electrons. The lowest BCUT2D eigenvalue weighted by Gasteiger charge is -2.17. The molecule has 170 valence electrons. The van der Waals surface area contributed by atoms with Crippen molar-refractivity contribution >= 4 is 33.6 Å². The van der Waals surface area contributed by atoms with Crippen LogP contribution in [-0.4, -0.2) is 38.2 Å². The fraction of sp³-hybridized carbons (Fsp3) is 0.478. The molecular formula is C23H31N7OS. The van der Waals surface area contributed by atoms with E-state index in [2.05, 4.69) is 31.2 Å². The van der Waals surface area contributed by atoms with Gasteiger partial charge in [0.25, 0.3) is 0 Å². The molecule has 8 nitrogen and oxygen atoms in total. The van der Waals surface area contributed by atoms with Crippen molar-refractivity contribution in [2.24, 2.45) is 0 Å². The Kier molecular flexibility index (Phi) is 9.01. The van der Waals surface area contributed by atoms with Crippen LogP contribution in [0.15, 0.2) is 30.8 Å². The highest BCUT2D eigenvalue weighted by Gasteiger charge is 2.19. The zero-order valence-corrected chi connectivity index (χ0v) is 19.8. The standard InChI is InChI=1S/C16H14N6OS.C5H11N.C2H6/c1-10-6-15(24-21-10)20-14-4-5-18-16-13(8-19-22(14)16)11-2-3-12(7-17)23-9-11;1-2-4-6-5-3-1;1-2/h4-6,8-9,12,20H,2-3H2,1H3;6H,1-5H2;1-2H3. The Balaban J connectivity index is 0.000000309. The second-order valence-corrected chi connectivity index (χ2v) is 8.13. The number of hydrogen-bond donors (Lipinski definition) is 2. The van der Waals surface area contributed by atoms with E-state index in [1.54, 1.807) is 23.2 Å². The molecule has 0 aromatic carbocycles. The summed E-state index contributed by atoms with van der Waals surface area (Å²) in [7, 11) is 0. The van der Waals surface area contributed by atoms with Gasteiger partial charge in [0.15, 0.2) is 11.8 Å². The summed E-state index contributed by atoms with van der Waals surface area (Å²) < 4.78 is 11.5. The molecule has 1 atom stereocenters. The molecular weight excluding hydrogens is 422 g/mol. The van der Waals surface area contributed by atoms with Crippen molar-refractivity contribution in [2.75, 3.05) is 18.4 Å². The quantitative estimate of drug-likeness (QED) is 0.571. The second-order valence-electron chi connectivity index (χ2n) is 7.33. The van der Waals surface area contributed by atoms with Crippen molar-refractivity contribution in [1.29, 1.82) is 5.26 Å². The minimum atomic E-state index is -0.365. The van der Waals surface area contributed by atoms with Gasteiger partial charge in [0.05, 0.1) is 18.2 Å². The van der Waals surface area contributed by atoms with Gasteiger partial charge in [-0.15, -0.1) is 0 Å². The topological polar surface area (TPSA) is 100 Å². The number of ether oxygens (including phenoxy) is 1. The summed E-state index contributed by atoms with van der Waals surface area (Å²) >= 11 is 1.41. The maximum Gasteiger partial charge on any atom is 0.183 e. The number of nitrogens with zero attached hydrogens (tertiary/aromatic N) is 5. The highest BCUT2D eigenvalue weighted by Crippen LogP contribution is 2.30. The van der Waals surface area contributed by atoms with Crippen molar-refractivity contribution in [3.05, 3.63) is 42.0 Å². The van der Waals surface area contributed by atoms with Crippen LogP contribution < -0.4 is 10.6 Å². The van der Waals surface area contributed by atoms with Gasteiger partial charge in [-0.25, -0.2) is 4.98 Å². The predicted octanol–water partition coefficient (Wildman–Crippen LogP) is 5.07. The molecule has 32 heavy (non-hydrogen) atoms. The summed E-state index contributed by atoms with van der Waals surface area (Å²) in [5.74, 6) is 0.821. The molecule has 5 heterocycles. The first-order chi connectivity index (χ1) is 15.7. The third kappa shape index (κ3) is 6.05. The number of nitriles is 1. The van der Waals surface area contributed by atoms with E-state index in [0.29, 0.717) is 6.42 Å². The molecule has 2 aliphatic heterocycles. The predicted molar refractivity (Wildman–Crippen MR) is 129 cm³/mol. The van der Waals surface area contributed by atoms with E-state index in [9.17, 15) is 0 Å². The Morgan fingerprint density at radius 1 is 1.28 bits per heavy atom. The Morgan fingerprint density at radius 2 is 2.09 bits per heavy atom. The van der Waals surface area contributed by atoms with Gasteiger partial charge in [0, 0.05) is 18.2 Å². The van der Waals surface area contributed by atoms with Gasteiger partial charge >= 0.3 is 0 Å². The third-order valence-corrected chi connectivity index (χ3v) is 5.82. The number of anilines is 2. The number of rotatable bonds is 3. The molecule has 3 aromatic rings. The smallest absolute Gasteiger partial charge is 0.183 e. The molecule has 0 saturated carbocycles. The van der Waals surface area contributed by atoms with Crippen molar-refractivity contribution in [3.63, 3.8) is 0 Å². The summed E-state index contributed by atoms with van der Waals surface area (Å²) in [6, 6.07) is 5.99. The third-order valence-electron chi connectivity index (χ3n) is 5.03. The van der Waals surface area contributed by atoms with Crippen LogP contribution >= 0.6 is 11.5 Å². The zero-order valence-electron chi connectivity index (χ0n) is 19.0. The Morgan fingerprint density at radius 3 is 2.66 bits per heavy atom. The van der Waals surface area contributed by atoms with E-state index in [0.717, 1.165) is 39.7 Å². The first kappa shape index (κ1) is 23.7. The number of nitrogens with one attached hydrogen (secondary N) is 2. The average Bonchev–Trinajstić information content (AvgIpc) is 3.48. The Bertz CT molecular complexity index is 1050. The van der Waals surface area contributed by atoms with Gasteiger partial charge in [0.1, 0.15) is 16.9 Å². The summed E-state index contributed by atoms with van der Waals surface area (Å²) in [5.41, 5.74) is 3.67. The van der Waals surface area contributed by atoms with Crippen LogP contribution in [0, 0.1) is 18.3 Å². The Hall–Kier alpha value is -2.96. The lowest BCUT2D eigenvalue weighted by molar-refractivity contribution is 0.175. The minimum absolute atomic E-state index is 0.365. The molecule has 9 heteroatoms. The van der Waals surface area contributed by atoms with Gasteiger partial charge in [-0.1, -0.05) is 20.3 Å². The van der Waals surface area contributed by atoms with Crippen molar-refractivity contribution in [1.82, 2.24) is 24.3 Å². The fourth-order valence-electron chi connectivity index (χ4n) is 3.43. The summed E-state index contributed by atoms with van der Waals surface area (Å²) in [4.78, 5) is 4.45. The van der Waals surface area contributed by atoms with Crippen molar-refractivity contribution in [3.8, 4) is 6.07 Å². The van der Waals surface area contributed by atoms with Crippen molar-refractivity contribution < 1.29 is 4.74 Å². The fourth-order valence-corrected chi connectivity index (χ4v) is 4.10. The van der Waals surface area contributed by atoms with E-state index in [4.69, 9.17) is 10.00 Å². The van der Waals surface area contributed by atoms with Gasteiger partial charge in [-0.3, -0.25) is 0 Å². The highest BCUT2D eigenvalue weighted by atomic mass is 32.1. The van der Waals surface area contributed by atoms with Gasteiger partial charge in [-0.05, 0) is 68.5 Å². The molecule has 2 aliphatic rings. The average molecular weight is 454 g/mol. The number of allylic oxidation sites excluding steroid dienone is 1. The van der Waals surface area contributed by atoms with Crippen LogP contribution in [0.4, 0.5) is 10.8 Å². The molecule has 1 unspecified atom stereocenters. The minimum Gasteiger partial charge on any atom is -0.483 e. The molecule has 0 aliphatic carbocycles. The van der Waals surface area contributed by atoms with E-state index >= 15 is 0 Å². The molecule has 5 rings (SSSR count). The first-order valence-corrected chi connectivity index (χ1v) is 12.0. The molecule has 0 bridgehead atoms. The number of hydrogen-bond acceptors (Lipinski definition) is 8. The number of fused-ring (bicyclic) bond motifs is 1. The van der Waals surface area contributed by atoms with Crippen LogP contribution in [0.3, 0.4) is 0 Å². The molecule has 1 fully saturated rings. The van der Waals surface area contributed by atoms with E-state index in [1.807, 2.05) is 32.9 Å². The summed E-state index contributed by atoms with van der Waals surface area (Å²) in [6.45, 7) is 8.46. The zero-order chi connectivity index (χ0) is 22.8. The van der Waals surface area contributed by atoms with E-state index in [1.165, 1.54) is 43.9 Å². The Labute approximate surface area is 193 Å². The highest BCUT2D eigenvalue weighted by molar-refractivity contribution is 7.10. The van der Waals surface area contributed by atoms with Gasteiger partial charge in [0.2, 0.25) is 0 Å². The lowest BCUT2D eigenvalue weighted by atomic mass is 10.0. The second kappa shape index (κ2) is 12.2. The van der Waals surface area contributed by atoms with Gasteiger partial charge in [-0.2, -0.15) is 19.2 Å². The maximum atomic E-state index is 8.91. The van der Waals surface area contributed by atoms with Gasteiger partial charge < -0.3 is 15.4 Å². The normalized spacial score (nSPS) is 17.6. The molecule has 1 saturated heterocycles. The van der Waals surface area contributed by atoms with Crippen LogP contribution in [0.25, 0.3) is 11.2 Å². The molecule has 0 spiro atoms. The number of aromatic nitrogens is 4. The van der Waals surface area contributed by atoms with Crippen LogP contribution in [-0.2, 0) is 4.74 Å². The van der Waals surface area contributed by atoms with Crippen molar-refractivity contribution in [2.45, 2.75) is 59.0 Å². The molecule has 0 amide bonds. The monoisotopic (exact) mass is 453 g/mol. The number of piperidine rings is 1.